The van der Waals surface area contributed by atoms with E-state index < -0.39 is 48.2 Å². The Kier molecular flexibility index (Phi) is 12.5. The predicted octanol–water partition coefficient (Wildman–Crippen LogP) is 5.49. The second-order valence-corrected chi connectivity index (χ2v) is 10.8. The number of alkyl halides is 3. The van der Waals surface area contributed by atoms with Crippen LogP contribution in [-0.4, -0.2) is 51.1 Å². The first-order valence-electron chi connectivity index (χ1n) is 14.4. The molecule has 0 heterocycles. The molecule has 0 radical (unpaired) electrons. The zero-order valence-corrected chi connectivity index (χ0v) is 25.9. The lowest BCUT2D eigenvalue weighted by Crippen LogP contribution is -2.40. The van der Waals surface area contributed by atoms with E-state index in [0.29, 0.717) is 29.0 Å². The van der Waals surface area contributed by atoms with Gasteiger partial charge in [-0.15, -0.1) is 0 Å². The Morgan fingerprint density at radius 3 is 2.35 bits per heavy atom. The highest BCUT2D eigenvalue weighted by molar-refractivity contribution is 5.94. The highest BCUT2D eigenvalue weighted by atomic mass is 19.4. The summed E-state index contributed by atoms with van der Waals surface area (Å²) in [5, 5.41) is 8.03. The van der Waals surface area contributed by atoms with Crippen molar-refractivity contribution in [2.45, 2.75) is 38.9 Å². The van der Waals surface area contributed by atoms with Crippen LogP contribution < -0.4 is 25.6 Å². The maximum Gasteiger partial charge on any atom is 0.416 e. The monoisotopic (exact) mass is 642 g/mol. The van der Waals surface area contributed by atoms with Gasteiger partial charge in [0.25, 0.3) is 5.91 Å². The molecule has 0 bridgehead atoms. The number of para-hydroxylation sites is 1. The molecule has 0 aliphatic heterocycles. The third-order valence-electron chi connectivity index (χ3n) is 6.79. The molecule has 3 rings (SSSR count). The lowest BCUT2D eigenvalue weighted by Gasteiger charge is -2.24. The summed E-state index contributed by atoms with van der Waals surface area (Å²) in [4.78, 5) is 50.8. The van der Waals surface area contributed by atoms with Crippen LogP contribution in [0.25, 0.3) is 0 Å². The molecule has 0 aliphatic rings. The van der Waals surface area contributed by atoms with Crippen LogP contribution in [0.3, 0.4) is 0 Å². The normalized spacial score (nSPS) is 11.7. The van der Waals surface area contributed by atoms with Crippen molar-refractivity contribution in [3.05, 3.63) is 89.5 Å². The van der Waals surface area contributed by atoms with Gasteiger partial charge in [-0.3, -0.25) is 14.4 Å². The fraction of sp³-hybridized carbons (Fsp3) is 0.333. The highest BCUT2D eigenvalue weighted by Crippen LogP contribution is 2.32. The smallest absolute Gasteiger partial charge is 0.416 e. The average molecular weight is 643 g/mol. The maximum atomic E-state index is 13.1. The van der Waals surface area contributed by atoms with Crippen molar-refractivity contribution >= 4 is 35.2 Å². The van der Waals surface area contributed by atoms with Gasteiger partial charge in [-0.25, -0.2) is 4.79 Å². The molecule has 1 unspecified atom stereocenters. The van der Waals surface area contributed by atoms with Crippen LogP contribution >= 0.6 is 0 Å². The Hall–Kier alpha value is -5.07. The standard InChI is InChI=1S/C33H37F3N4O6/c1-21(2)15-27(39-29(41)19-37-32(44)38-24-11-7-9-22(16-24)17-31(43)45-4)26-13-5-6-14-28(26)46-20-30(42)40(3)25-12-8-10-23(18-25)33(34,35)36/h5-14,16,18,21,27H,15,17,19-20H2,1-4H3,(H,39,41)(H2,37,38,44). The van der Waals surface area contributed by atoms with Crippen LogP contribution in [0.4, 0.5) is 29.3 Å². The minimum absolute atomic E-state index is 0.0408. The van der Waals surface area contributed by atoms with Gasteiger partial charge in [0, 0.05) is 24.0 Å². The molecule has 0 aliphatic carbocycles. The van der Waals surface area contributed by atoms with Crippen LogP contribution in [0.15, 0.2) is 72.8 Å². The molecule has 3 N–H and O–H groups in total. The summed E-state index contributed by atoms with van der Waals surface area (Å²) in [6, 6.07) is 16.7. The number of ether oxygens (including phenoxy) is 2. The Morgan fingerprint density at radius 2 is 1.65 bits per heavy atom. The summed E-state index contributed by atoms with van der Waals surface area (Å²) in [6.07, 6.45) is -4.01. The van der Waals surface area contributed by atoms with Gasteiger partial charge in [-0.2, -0.15) is 13.2 Å². The number of rotatable bonds is 13. The molecule has 10 nitrogen and oxygen atoms in total. The number of amides is 4. The quantitative estimate of drug-likeness (QED) is 0.212. The Balaban J connectivity index is 1.62. The fourth-order valence-electron chi connectivity index (χ4n) is 4.49. The molecule has 0 fully saturated rings. The minimum Gasteiger partial charge on any atom is -0.483 e. The third-order valence-corrected chi connectivity index (χ3v) is 6.79. The maximum absolute atomic E-state index is 13.1. The molecular weight excluding hydrogens is 605 g/mol. The van der Waals surface area contributed by atoms with Crippen LogP contribution in [0.1, 0.15) is 43.0 Å². The average Bonchev–Trinajstić information content (AvgIpc) is 3.01. The number of hydrogen-bond acceptors (Lipinski definition) is 6. The number of urea groups is 1. The van der Waals surface area contributed by atoms with E-state index in [1.165, 1.54) is 26.3 Å². The van der Waals surface area contributed by atoms with Gasteiger partial charge in [0.05, 0.1) is 31.7 Å². The van der Waals surface area contributed by atoms with Gasteiger partial charge >= 0.3 is 18.2 Å². The predicted molar refractivity (Wildman–Crippen MR) is 166 cm³/mol. The van der Waals surface area contributed by atoms with E-state index in [0.717, 1.165) is 17.0 Å². The molecule has 3 aromatic carbocycles. The summed E-state index contributed by atoms with van der Waals surface area (Å²) in [5.74, 6) is -1.02. The fourth-order valence-corrected chi connectivity index (χ4v) is 4.49. The topological polar surface area (TPSA) is 126 Å². The third kappa shape index (κ3) is 10.8. The molecular formula is C33H37F3N4O6. The van der Waals surface area contributed by atoms with Crippen LogP contribution in [0.5, 0.6) is 5.75 Å². The highest BCUT2D eigenvalue weighted by Gasteiger charge is 2.31. The SMILES string of the molecule is COC(=O)Cc1cccc(NC(=O)NCC(=O)NC(CC(C)C)c2ccccc2OCC(=O)N(C)c2cccc(C(F)(F)F)c2)c1. The van der Waals surface area contributed by atoms with Gasteiger partial charge < -0.3 is 30.3 Å². The number of likely N-dealkylation sites (N-methyl/N-ethyl adjacent to an activating group) is 1. The number of esters is 1. The number of carbonyl (C=O) groups is 4. The number of benzene rings is 3. The first-order chi connectivity index (χ1) is 21.8. The van der Waals surface area contributed by atoms with Crippen molar-refractivity contribution in [2.24, 2.45) is 5.92 Å². The number of hydrogen-bond donors (Lipinski definition) is 3. The Morgan fingerprint density at radius 1 is 0.935 bits per heavy atom. The molecule has 3 aromatic rings. The first kappa shape index (κ1) is 35.4. The summed E-state index contributed by atoms with van der Waals surface area (Å²) >= 11 is 0. The lowest BCUT2D eigenvalue weighted by atomic mass is 9.96. The molecule has 0 spiro atoms. The molecule has 4 amide bonds. The van der Waals surface area contributed by atoms with Crippen molar-refractivity contribution in [1.29, 1.82) is 0 Å². The summed E-state index contributed by atoms with van der Waals surface area (Å²) in [6.45, 7) is 3.13. The van der Waals surface area contributed by atoms with Crippen molar-refractivity contribution in [3.63, 3.8) is 0 Å². The van der Waals surface area contributed by atoms with Crippen LogP contribution in [0.2, 0.25) is 0 Å². The summed E-state index contributed by atoms with van der Waals surface area (Å²) < 4.78 is 49.9. The second-order valence-electron chi connectivity index (χ2n) is 10.8. The summed E-state index contributed by atoms with van der Waals surface area (Å²) in [5.41, 5.74) is 0.846. The van der Waals surface area contributed by atoms with E-state index in [9.17, 15) is 32.3 Å². The zero-order valence-electron chi connectivity index (χ0n) is 25.9. The Bertz CT molecular complexity index is 1530. The molecule has 0 saturated carbocycles. The molecule has 0 aromatic heterocycles. The van der Waals surface area contributed by atoms with Gasteiger partial charge in [0.1, 0.15) is 5.75 Å². The molecule has 46 heavy (non-hydrogen) atoms. The van der Waals surface area contributed by atoms with E-state index in [4.69, 9.17) is 4.74 Å². The largest absolute Gasteiger partial charge is 0.483 e. The molecule has 1 atom stereocenters. The number of nitrogens with one attached hydrogen (secondary N) is 3. The first-order valence-corrected chi connectivity index (χ1v) is 14.4. The number of nitrogens with zero attached hydrogens (tertiary/aromatic N) is 1. The van der Waals surface area contributed by atoms with E-state index in [1.54, 1.807) is 48.5 Å². The number of carbonyl (C=O) groups excluding carboxylic acids is 4. The van der Waals surface area contributed by atoms with Crippen molar-refractivity contribution in [2.75, 3.05) is 37.5 Å². The second kappa shape index (κ2) is 16.3. The minimum atomic E-state index is -4.55. The lowest BCUT2D eigenvalue weighted by molar-refractivity contribution is -0.140. The zero-order chi connectivity index (χ0) is 33.9. The van der Waals surface area contributed by atoms with Crippen molar-refractivity contribution in [3.8, 4) is 5.75 Å². The Labute approximate surface area is 265 Å². The van der Waals surface area contributed by atoms with Crippen molar-refractivity contribution in [1.82, 2.24) is 10.6 Å². The van der Waals surface area contributed by atoms with E-state index >= 15 is 0 Å². The van der Waals surface area contributed by atoms with Crippen LogP contribution in [-0.2, 0) is 31.7 Å². The van der Waals surface area contributed by atoms with E-state index in [-0.39, 0.29) is 24.6 Å². The van der Waals surface area contributed by atoms with Gasteiger partial charge in [0.2, 0.25) is 5.91 Å². The number of methoxy groups -OCH3 is 1. The number of halogens is 3. The summed E-state index contributed by atoms with van der Waals surface area (Å²) in [7, 11) is 2.64. The van der Waals surface area contributed by atoms with Crippen molar-refractivity contribution < 1.29 is 41.8 Å². The molecule has 246 valence electrons. The number of anilines is 2. The van der Waals surface area contributed by atoms with Gasteiger partial charge in [0.15, 0.2) is 6.61 Å². The molecule has 13 heteroatoms. The van der Waals surface area contributed by atoms with E-state index in [2.05, 4.69) is 20.7 Å². The van der Waals surface area contributed by atoms with Gasteiger partial charge in [-0.1, -0.05) is 50.2 Å². The van der Waals surface area contributed by atoms with Crippen LogP contribution in [0, 0.1) is 5.92 Å². The van der Waals surface area contributed by atoms with Gasteiger partial charge in [-0.05, 0) is 54.3 Å². The van der Waals surface area contributed by atoms with E-state index in [1.807, 2.05) is 13.8 Å². The molecule has 0 saturated heterocycles.